The third-order valence-electron chi connectivity index (χ3n) is 6.72. The second kappa shape index (κ2) is 7.84. The normalized spacial score (nSPS) is 24.7. The molecule has 0 aromatic heterocycles. The summed E-state index contributed by atoms with van der Waals surface area (Å²) < 4.78 is 29.5. The van der Waals surface area contributed by atoms with Crippen LogP contribution in [-0.2, 0) is 14.3 Å². The van der Waals surface area contributed by atoms with Gasteiger partial charge in [0.25, 0.3) is 11.8 Å². The molecular weight excluding hydrogens is 420 g/mol. The lowest BCUT2D eigenvalue weighted by atomic mass is 9.90. The van der Waals surface area contributed by atoms with Gasteiger partial charge in [-0.25, -0.2) is 0 Å². The van der Waals surface area contributed by atoms with Crippen LogP contribution in [0.15, 0.2) is 39.5 Å². The zero-order chi connectivity index (χ0) is 22.5. The van der Waals surface area contributed by atoms with Crippen LogP contribution < -0.4 is 10.6 Å². The monoisotopic (exact) mass is 443 g/mol. The van der Waals surface area contributed by atoms with Crippen molar-refractivity contribution in [1.82, 2.24) is 9.80 Å². The molecule has 1 aliphatic carbocycles. The molecule has 32 heavy (non-hydrogen) atoms. The van der Waals surface area contributed by atoms with E-state index < -0.39 is 24.1 Å². The highest BCUT2D eigenvalue weighted by molar-refractivity contribution is 6.44. The van der Waals surface area contributed by atoms with Gasteiger partial charge < -0.3 is 14.5 Å². The summed E-state index contributed by atoms with van der Waals surface area (Å²) in [4.78, 5) is 34.0. The molecule has 2 atom stereocenters. The predicted molar refractivity (Wildman–Crippen MR) is 112 cm³/mol. The third kappa shape index (κ3) is 3.62. The molecule has 1 aromatic rings. The first-order valence-corrected chi connectivity index (χ1v) is 10.6. The number of amides is 2. The standard InChI is InChI=1S/C22H23F2N5O3/c1-28(22(7-8-22)12-32-21(23)24)20(31)18-14-11-29(9-6-16(14)26-27-18)19(30)17-10-13-4-2-3-5-15(13)25-17/h2-5,10,14,17,21H,6-9,11-12H2,1H3. The number of hydrogen-bond acceptors (Lipinski definition) is 6. The number of likely N-dealkylation sites (tertiary alicyclic amines) is 1. The molecule has 3 aliphatic heterocycles. The molecule has 1 aromatic carbocycles. The number of hydrogen-bond donors (Lipinski definition) is 0. The van der Waals surface area contributed by atoms with Crippen molar-refractivity contribution in [3.8, 4) is 0 Å². The Morgan fingerprint density at radius 2 is 2.06 bits per heavy atom. The molecule has 1 saturated carbocycles. The van der Waals surface area contributed by atoms with E-state index >= 15 is 0 Å². The Balaban J connectivity index is 1.28. The zero-order valence-corrected chi connectivity index (χ0v) is 17.6. The Bertz CT molecular complexity index is 1110. The maximum Gasteiger partial charge on any atom is 0.345 e. The molecule has 2 fully saturated rings. The highest BCUT2D eigenvalue weighted by atomic mass is 19.3. The van der Waals surface area contributed by atoms with Gasteiger partial charge >= 0.3 is 6.61 Å². The zero-order valence-electron chi connectivity index (χ0n) is 17.6. The SMILES string of the molecule is CN(C(=O)C1=NN=C2CCN(C(=O)C3C=c4ccccc4=N3)CC21)C1(COC(F)F)CC1. The van der Waals surface area contributed by atoms with Crippen LogP contribution in [0.3, 0.4) is 0 Å². The molecule has 5 rings (SSSR count). The topological polar surface area (TPSA) is 86.9 Å². The van der Waals surface area contributed by atoms with E-state index in [0.29, 0.717) is 32.4 Å². The van der Waals surface area contributed by atoms with Gasteiger partial charge in [-0.1, -0.05) is 18.2 Å². The molecule has 2 amide bonds. The first-order valence-electron chi connectivity index (χ1n) is 10.6. The highest BCUT2D eigenvalue weighted by Gasteiger charge is 2.51. The summed E-state index contributed by atoms with van der Waals surface area (Å²) in [6, 6.07) is 7.02. The van der Waals surface area contributed by atoms with Crippen molar-refractivity contribution in [2.75, 3.05) is 26.7 Å². The van der Waals surface area contributed by atoms with Gasteiger partial charge in [0, 0.05) is 26.6 Å². The van der Waals surface area contributed by atoms with E-state index in [4.69, 9.17) is 0 Å². The van der Waals surface area contributed by atoms with Crippen LogP contribution in [0, 0.1) is 5.92 Å². The molecule has 1 saturated heterocycles. The van der Waals surface area contributed by atoms with Crippen LogP contribution in [0.1, 0.15) is 19.3 Å². The van der Waals surface area contributed by atoms with E-state index in [9.17, 15) is 18.4 Å². The minimum atomic E-state index is -2.88. The van der Waals surface area contributed by atoms with Crippen LogP contribution >= 0.6 is 0 Å². The Hall–Kier alpha value is -3.01. The number of nitrogens with zero attached hydrogens (tertiary/aromatic N) is 5. The lowest BCUT2D eigenvalue weighted by Gasteiger charge is -2.34. The molecule has 0 radical (unpaired) electrons. The molecule has 3 heterocycles. The van der Waals surface area contributed by atoms with Crippen molar-refractivity contribution in [2.24, 2.45) is 21.1 Å². The maximum atomic E-state index is 13.2. The second-order valence-electron chi connectivity index (χ2n) is 8.62. The van der Waals surface area contributed by atoms with E-state index in [1.165, 1.54) is 4.90 Å². The average molecular weight is 443 g/mol. The fraction of sp³-hybridized carbons (Fsp3) is 0.500. The number of piperidine rings is 1. The Morgan fingerprint density at radius 3 is 2.78 bits per heavy atom. The predicted octanol–water partition coefficient (Wildman–Crippen LogP) is 0.358. The van der Waals surface area contributed by atoms with Gasteiger partial charge in [-0.05, 0) is 30.2 Å². The lowest BCUT2D eigenvalue weighted by Crippen LogP contribution is -2.52. The fourth-order valence-corrected chi connectivity index (χ4v) is 4.53. The number of para-hydroxylation sites is 1. The summed E-state index contributed by atoms with van der Waals surface area (Å²) in [7, 11) is 1.58. The minimum Gasteiger partial charge on any atom is -0.339 e. The summed E-state index contributed by atoms with van der Waals surface area (Å²) in [5.41, 5.74) is 0.293. The van der Waals surface area contributed by atoms with Crippen LogP contribution in [-0.4, -0.2) is 78.0 Å². The van der Waals surface area contributed by atoms with Crippen LogP contribution in [0.5, 0.6) is 0 Å². The summed E-state index contributed by atoms with van der Waals surface area (Å²) in [5.74, 6) is -0.863. The summed E-state index contributed by atoms with van der Waals surface area (Å²) in [6.07, 6.45) is 3.57. The number of fused-ring (bicyclic) bond motifs is 2. The van der Waals surface area contributed by atoms with Crippen molar-refractivity contribution in [2.45, 2.75) is 37.5 Å². The fourth-order valence-electron chi connectivity index (χ4n) is 4.53. The third-order valence-corrected chi connectivity index (χ3v) is 6.72. The van der Waals surface area contributed by atoms with Crippen LogP contribution in [0.4, 0.5) is 8.78 Å². The molecule has 0 N–H and O–H groups in total. The van der Waals surface area contributed by atoms with E-state index in [2.05, 4.69) is 19.9 Å². The number of halogens is 2. The molecule has 10 heteroatoms. The number of carbonyl (C=O) groups is 2. The molecule has 0 spiro atoms. The lowest BCUT2D eigenvalue weighted by molar-refractivity contribution is -0.150. The quantitative estimate of drug-likeness (QED) is 0.636. The van der Waals surface area contributed by atoms with Gasteiger partial charge in [0.15, 0.2) is 0 Å². The number of ether oxygens (including phenoxy) is 1. The van der Waals surface area contributed by atoms with Gasteiger partial charge in [-0.2, -0.15) is 13.9 Å². The van der Waals surface area contributed by atoms with Crippen molar-refractivity contribution in [3.05, 3.63) is 34.8 Å². The van der Waals surface area contributed by atoms with Crippen LogP contribution in [0.25, 0.3) is 6.08 Å². The highest BCUT2D eigenvalue weighted by Crippen LogP contribution is 2.42. The molecule has 168 valence electrons. The Morgan fingerprint density at radius 1 is 1.28 bits per heavy atom. The molecule has 4 aliphatic rings. The number of alkyl halides is 2. The summed E-state index contributed by atoms with van der Waals surface area (Å²) >= 11 is 0. The molecule has 8 nitrogen and oxygen atoms in total. The first kappa shape index (κ1) is 20.9. The smallest absolute Gasteiger partial charge is 0.339 e. The number of rotatable bonds is 6. The van der Waals surface area contributed by atoms with Crippen molar-refractivity contribution < 1.29 is 23.1 Å². The maximum absolute atomic E-state index is 13.2. The molecule has 2 unspecified atom stereocenters. The van der Waals surface area contributed by atoms with Gasteiger partial charge in [0.2, 0.25) is 0 Å². The Kier molecular flexibility index (Phi) is 5.11. The summed E-state index contributed by atoms with van der Waals surface area (Å²) in [6.45, 7) is -2.31. The molecular formula is C22H23F2N5O3. The van der Waals surface area contributed by atoms with E-state index in [0.717, 1.165) is 16.3 Å². The number of likely N-dealkylation sites (N-methyl/N-ethyl adjacent to an activating group) is 1. The number of benzene rings is 1. The first-order chi connectivity index (χ1) is 15.4. The number of carbonyl (C=O) groups excluding carboxylic acids is 2. The summed E-state index contributed by atoms with van der Waals surface area (Å²) in [5, 5.41) is 10.0. The van der Waals surface area contributed by atoms with Gasteiger partial charge in [-0.3, -0.25) is 14.6 Å². The van der Waals surface area contributed by atoms with Gasteiger partial charge in [-0.15, -0.1) is 5.10 Å². The van der Waals surface area contributed by atoms with Crippen molar-refractivity contribution in [1.29, 1.82) is 0 Å². The van der Waals surface area contributed by atoms with E-state index in [1.54, 1.807) is 11.9 Å². The van der Waals surface area contributed by atoms with E-state index in [1.807, 2.05) is 30.3 Å². The van der Waals surface area contributed by atoms with E-state index in [-0.39, 0.29) is 24.1 Å². The average Bonchev–Trinajstić information content (AvgIpc) is 3.27. The van der Waals surface area contributed by atoms with Crippen molar-refractivity contribution >= 4 is 29.3 Å². The largest absolute Gasteiger partial charge is 0.345 e. The minimum absolute atomic E-state index is 0.115. The second-order valence-corrected chi connectivity index (χ2v) is 8.62. The van der Waals surface area contributed by atoms with Crippen LogP contribution in [0.2, 0.25) is 0 Å². The van der Waals surface area contributed by atoms with Gasteiger partial charge in [0.1, 0.15) is 11.8 Å². The van der Waals surface area contributed by atoms with Gasteiger partial charge in [0.05, 0.1) is 29.1 Å². The Labute approximate surface area is 183 Å². The van der Waals surface area contributed by atoms with Crippen molar-refractivity contribution in [3.63, 3.8) is 0 Å². The molecule has 0 bridgehead atoms.